The van der Waals surface area contributed by atoms with Crippen molar-refractivity contribution in [3.8, 4) is 5.82 Å². The lowest BCUT2D eigenvalue weighted by Gasteiger charge is -2.40. The smallest absolute Gasteiger partial charge is 0.266 e. The average Bonchev–Trinajstić information content (AvgIpc) is 3.24. The second kappa shape index (κ2) is 6.54. The summed E-state index contributed by atoms with van der Waals surface area (Å²) in [7, 11) is 0. The number of hydrogen-bond acceptors (Lipinski definition) is 6. The van der Waals surface area contributed by atoms with Gasteiger partial charge in [-0.3, -0.25) is 4.79 Å². The maximum absolute atomic E-state index is 12.3. The van der Waals surface area contributed by atoms with E-state index >= 15 is 0 Å². The third kappa shape index (κ3) is 3.08. The molecule has 0 N–H and O–H groups in total. The van der Waals surface area contributed by atoms with Crippen molar-refractivity contribution in [2.75, 3.05) is 18.0 Å². The van der Waals surface area contributed by atoms with Gasteiger partial charge < -0.3 is 4.90 Å². The zero-order valence-corrected chi connectivity index (χ0v) is 16.6. The molecule has 0 saturated carbocycles. The zero-order chi connectivity index (χ0) is 20.1. The van der Waals surface area contributed by atoms with Crippen LogP contribution in [0.5, 0.6) is 0 Å². The van der Waals surface area contributed by atoms with Gasteiger partial charge in [-0.1, -0.05) is 0 Å². The summed E-state index contributed by atoms with van der Waals surface area (Å²) in [5.41, 5.74) is 3.63. The Hall–Kier alpha value is -3.49. The van der Waals surface area contributed by atoms with E-state index in [0.717, 1.165) is 41.6 Å². The predicted molar refractivity (Wildman–Crippen MR) is 109 cm³/mol. The van der Waals surface area contributed by atoms with E-state index in [2.05, 4.69) is 25.2 Å². The highest BCUT2D eigenvalue weighted by Crippen LogP contribution is 2.26. The summed E-state index contributed by atoms with van der Waals surface area (Å²) in [5, 5.41) is 13.4. The first-order chi connectivity index (χ1) is 14.0. The predicted octanol–water partition coefficient (Wildman–Crippen LogP) is 1.53. The molecule has 1 fully saturated rings. The lowest BCUT2D eigenvalue weighted by Crippen LogP contribution is -2.50. The fourth-order valence-electron chi connectivity index (χ4n) is 3.90. The van der Waals surface area contributed by atoms with Gasteiger partial charge in [-0.15, -0.1) is 5.10 Å². The summed E-state index contributed by atoms with van der Waals surface area (Å²) >= 11 is 0. The monoisotopic (exact) mass is 390 g/mol. The van der Waals surface area contributed by atoms with Crippen LogP contribution in [0.25, 0.3) is 11.5 Å². The minimum atomic E-state index is -0.0945. The molecule has 29 heavy (non-hydrogen) atoms. The molecule has 0 aromatic carbocycles. The molecule has 0 amide bonds. The highest BCUT2D eigenvalue weighted by atomic mass is 16.1. The Morgan fingerprint density at radius 1 is 1.03 bits per heavy atom. The molecule has 1 aliphatic heterocycles. The SMILES string of the molecule is Cc1cc(N2CC(Cn3nc(-n4nc(C)cc4C)ccc3=O)C2)n2nccc2n1. The molecule has 1 aliphatic rings. The van der Waals surface area contributed by atoms with Crippen molar-refractivity contribution in [3.05, 3.63) is 64.0 Å². The molecule has 9 heteroatoms. The standard InChI is InChI=1S/C20H22N8O/c1-13-9-19(28-17(22-13)6-7-21-28)25-10-16(11-25)12-26-20(29)5-4-18(24-26)27-15(3)8-14(2)23-27/h4-9,16H,10-12H2,1-3H3. The van der Waals surface area contributed by atoms with Crippen LogP contribution in [0.2, 0.25) is 0 Å². The van der Waals surface area contributed by atoms with E-state index in [0.29, 0.717) is 18.3 Å². The van der Waals surface area contributed by atoms with Gasteiger partial charge in [0.15, 0.2) is 11.5 Å². The van der Waals surface area contributed by atoms with Gasteiger partial charge in [0.05, 0.1) is 18.4 Å². The van der Waals surface area contributed by atoms with Crippen molar-refractivity contribution < 1.29 is 0 Å². The van der Waals surface area contributed by atoms with Gasteiger partial charge in [0.25, 0.3) is 5.56 Å². The molecule has 4 aromatic rings. The van der Waals surface area contributed by atoms with Gasteiger partial charge in [-0.25, -0.2) is 14.3 Å². The molecule has 0 atom stereocenters. The normalized spacial score (nSPS) is 14.5. The molecule has 0 unspecified atom stereocenters. The van der Waals surface area contributed by atoms with Gasteiger partial charge in [-0.2, -0.15) is 14.7 Å². The van der Waals surface area contributed by atoms with Crippen LogP contribution in [-0.2, 0) is 6.54 Å². The number of anilines is 1. The largest absolute Gasteiger partial charge is 0.356 e. The van der Waals surface area contributed by atoms with Crippen LogP contribution in [0.15, 0.2) is 41.3 Å². The molecule has 5 rings (SSSR count). The number of hydrogen-bond donors (Lipinski definition) is 0. The Morgan fingerprint density at radius 2 is 1.86 bits per heavy atom. The van der Waals surface area contributed by atoms with Crippen LogP contribution in [0.4, 0.5) is 5.82 Å². The number of aryl methyl sites for hydroxylation is 3. The highest BCUT2D eigenvalue weighted by molar-refractivity contribution is 5.52. The quantitative estimate of drug-likeness (QED) is 0.525. The minimum absolute atomic E-state index is 0.0945. The third-order valence-electron chi connectivity index (χ3n) is 5.26. The van der Waals surface area contributed by atoms with Crippen LogP contribution < -0.4 is 10.5 Å². The maximum atomic E-state index is 12.3. The van der Waals surface area contributed by atoms with Crippen LogP contribution >= 0.6 is 0 Å². The number of aromatic nitrogens is 7. The highest BCUT2D eigenvalue weighted by Gasteiger charge is 2.30. The van der Waals surface area contributed by atoms with E-state index in [-0.39, 0.29) is 5.56 Å². The van der Waals surface area contributed by atoms with Gasteiger partial charge in [-0.05, 0) is 32.9 Å². The summed E-state index contributed by atoms with van der Waals surface area (Å²) in [6.45, 7) is 8.18. The Morgan fingerprint density at radius 3 is 2.62 bits per heavy atom. The third-order valence-corrected chi connectivity index (χ3v) is 5.26. The molecule has 0 bridgehead atoms. The van der Waals surface area contributed by atoms with Crippen LogP contribution in [0, 0.1) is 26.7 Å². The van der Waals surface area contributed by atoms with Crippen molar-refractivity contribution in [2.24, 2.45) is 5.92 Å². The molecule has 0 radical (unpaired) electrons. The molecule has 4 aromatic heterocycles. The van der Waals surface area contributed by atoms with Gasteiger partial charge >= 0.3 is 0 Å². The molecule has 9 nitrogen and oxygen atoms in total. The van der Waals surface area contributed by atoms with Crippen LogP contribution in [0.1, 0.15) is 17.1 Å². The van der Waals surface area contributed by atoms with Crippen molar-refractivity contribution >= 4 is 11.5 Å². The summed E-state index contributed by atoms with van der Waals surface area (Å²) in [4.78, 5) is 19.1. The fraction of sp³-hybridized carbons (Fsp3) is 0.350. The van der Waals surface area contributed by atoms with Gasteiger partial charge in [0.2, 0.25) is 0 Å². The topological polar surface area (TPSA) is 86.1 Å². The summed E-state index contributed by atoms with van der Waals surface area (Å²) < 4.78 is 5.18. The fourth-order valence-corrected chi connectivity index (χ4v) is 3.90. The first-order valence-electron chi connectivity index (χ1n) is 9.66. The maximum Gasteiger partial charge on any atom is 0.266 e. The first kappa shape index (κ1) is 17.6. The Bertz CT molecular complexity index is 1260. The second-order valence-electron chi connectivity index (χ2n) is 7.68. The first-order valence-corrected chi connectivity index (χ1v) is 9.66. The van der Waals surface area contributed by atoms with E-state index < -0.39 is 0 Å². The van der Waals surface area contributed by atoms with Crippen molar-refractivity contribution in [1.82, 2.24) is 34.2 Å². The van der Waals surface area contributed by atoms with Crippen LogP contribution in [0.3, 0.4) is 0 Å². The molecule has 148 valence electrons. The summed E-state index contributed by atoms with van der Waals surface area (Å²) in [6, 6.07) is 9.23. The molecular formula is C20H22N8O. The molecule has 0 aliphatic carbocycles. The summed E-state index contributed by atoms with van der Waals surface area (Å²) in [6.07, 6.45) is 1.76. The van der Waals surface area contributed by atoms with Crippen molar-refractivity contribution in [2.45, 2.75) is 27.3 Å². The van der Waals surface area contributed by atoms with E-state index in [1.807, 2.05) is 43.5 Å². The Labute approximate surface area is 167 Å². The lowest BCUT2D eigenvalue weighted by atomic mass is 10.0. The number of rotatable bonds is 4. The molecule has 5 heterocycles. The van der Waals surface area contributed by atoms with Crippen molar-refractivity contribution in [3.63, 3.8) is 0 Å². The van der Waals surface area contributed by atoms with E-state index in [1.54, 1.807) is 27.7 Å². The van der Waals surface area contributed by atoms with Crippen molar-refractivity contribution in [1.29, 1.82) is 0 Å². The zero-order valence-electron chi connectivity index (χ0n) is 16.6. The Kier molecular flexibility index (Phi) is 3.97. The second-order valence-corrected chi connectivity index (χ2v) is 7.68. The number of fused-ring (bicyclic) bond motifs is 1. The molecule has 0 spiro atoms. The number of nitrogens with zero attached hydrogens (tertiary/aromatic N) is 8. The van der Waals surface area contributed by atoms with Crippen LogP contribution in [-0.4, -0.2) is 47.2 Å². The van der Waals surface area contributed by atoms with Gasteiger partial charge in [0, 0.05) is 48.6 Å². The minimum Gasteiger partial charge on any atom is -0.356 e. The summed E-state index contributed by atoms with van der Waals surface area (Å²) in [5.74, 6) is 2.04. The Balaban J connectivity index is 1.35. The van der Waals surface area contributed by atoms with E-state index in [4.69, 9.17) is 0 Å². The molecular weight excluding hydrogens is 368 g/mol. The van der Waals surface area contributed by atoms with E-state index in [9.17, 15) is 4.79 Å². The molecule has 1 saturated heterocycles. The van der Waals surface area contributed by atoms with E-state index in [1.165, 1.54) is 0 Å². The van der Waals surface area contributed by atoms with Gasteiger partial charge in [0.1, 0.15) is 5.82 Å². The lowest BCUT2D eigenvalue weighted by molar-refractivity contribution is 0.330. The average molecular weight is 390 g/mol.